The van der Waals surface area contributed by atoms with Crippen LogP contribution in [0.15, 0.2) is 35.2 Å². The van der Waals surface area contributed by atoms with Crippen molar-refractivity contribution in [1.29, 1.82) is 0 Å². The number of nitrogens with one attached hydrogen (secondary N) is 1. The Morgan fingerprint density at radius 2 is 2.10 bits per heavy atom. The summed E-state index contributed by atoms with van der Waals surface area (Å²) in [5.41, 5.74) is 0.0711. The Bertz CT molecular complexity index is 685. The van der Waals surface area contributed by atoms with Crippen LogP contribution < -0.4 is 5.32 Å². The average molecular weight is 325 g/mol. The summed E-state index contributed by atoms with van der Waals surface area (Å²) in [7, 11) is 0. The van der Waals surface area contributed by atoms with E-state index >= 15 is 0 Å². The molecule has 2 rings (SSSR count). The molecule has 0 saturated carbocycles. The van der Waals surface area contributed by atoms with Crippen LogP contribution in [0.3, 0.4) is 0 Å². The molecule has 0 aliphatic rings. The quantitative estimate of drug-likeness (QED) is 0.824. The minimum absolute atomic E-state index is 0.0109. The van der Waals surface area contributed by atoms with Crippen LogP contribution in [0.25, 0.3) is 0 Å². The molecule has 2 N–H and O–H groups in total. The van der Waals surface area contributed by atoms with Crippen LogP contribution in [0, 0.1) is 12.7 Å². The Kier molecular flexibility index (Phi) is 4.98. The summed E-state index contributed by atoms with van der Waals surface area (Å²) in [5, 5.41) is 11.9. The maximum Gasteiger partial charge on any atom is 0.338 e. The molecule has 0 saturated heterocycles. The first-order valence-electron chi connectivity index (χ1n) is 5.98. The monoisotopic (exact) mass is 325 g/mol. The zero-order valence-corrected chi connectivity index (χ0v) is 12.7. The first-order chi connectivity index (χ1) is 9.97. The second-order valence-corrected chi connectivity index (χ2v) is 6.45. The van der Waals surface area contributed by atoms with Crippen molar-refractivity contribution in [1.82, 2.24) is 0 Å². The number of thioether (sulfide) groups is 1. The summed E-state index contributed by atoms with van der Waals surface area (Å²) in [4.78, 5) is 24.1. The van der Waals surface area contributed by atoms with E-state index in [2.05, 4.69) is 5.32 Å². The molecule has 0 bridgehead atoms. The molecule has 1 aromatic carbocycles. The van der Waals surface area contributed by atoms with Gasteiger partial charge in [-0.3, -0.25) is 4.79 Å². The molecule has 2 aromatic rings. The predicted octanol–water partition coefficient (Wildman–Crippen LogP) is 3.62. The fourth-order valence-corrected chi connectivity index (χ4v) is 3.29. The van der Waals surface area contributed by atoms with Crippen LogP contribution >= 0.6 is 23.1 Å². The fraction of sp³-hybridized carbons (Fsp3) is 0.143. The van der Waals surface area contributed by atoms with Gasteiger partial charge in [-0.05, 0) is 25.1 Å². The number of amides is 1. The van der Waals surface area contributed by atoms with E-state index in [1.54, 1.807) is 25.1 Å². The molecule has 0 atom stereocenters. The molecule has 1 amide bonds. The number of hydrogen-bond donors (Lipinski definition) is 2. The largest absolute Gasteiger partial charge is 0.478 e. The van der Waals surface area contributed by atoms with Crippen molar-refractivity contribution in [2.24, 2.45) is 0 Å². The molecule has 110 valence electrons. The topological polar surface area (TPSA) is 66.4 Å². The lowest BCUT2D eigenvalue weighted by atomic mass is 10.3. The number of carboxylic acid groups (broad SMARTS) is 1. The van der Waals surface area contributed by atoms with E-state index in [9.17, 15) is 14.0 Å². The Morgan fingerprint density at radius 1 is 1.38 bits per heavy atom. The zero-order valence-electron chi connectivity index (χ0n) is 11.1. The van der Waals surface area contributed by atoms with Gasteiger partial charge in [0.15, 0.2) is 0 Å². The van der Waals surface area contributed by atoms with E-state index in [1.165, 1.54) is 23.5 Å². The van der Waals surface area contributed by atoms with Gasteiger partial charge in [-0.15, -0.1) is 23.1 Å². The first-order valence-corrected chi connectivity index (χ1v) is 7.78. The summed E-state index contributed by atoms with van der Waals surface area (Å²) in [6.07, 6.45) is 0. The number of halogens is 1. The maximum absolute atomic E-state index is 13.4. The lowest BCUT2D eigenvalue weighted by Gasteiger charge is -2.05. The van der Waals surface area contributed by atoms with Crippen molar-refractivity contribution in [2.75, 3.05) is 11.1 Å². The number of hydrogen-bond acceptors (Lipinski definition) is 4. The summed E-state index contributed by atoms with van der Waals surface area (Å²) in [5.74, 6) is -1.82. The van der Waals surface area contributed by atoms with Crippen molar-refractivity contribution in [2.45, 2.75) is 11.8 Å². The molecular formula is C14H12FNO3S2. The van der Waals surface area contributed by atoms with Crippen LogP contribution in [0.5, 0.6) is 0 Å². The van der Waals surface area contributed by atoms with Crippen LogP contribution in [0.4, 0.5) is 9.39 Å². The van der Waals surface area contributed by atoms with Gasteiger partial charge in [-0.1, -0.05) is 12.1 Å². The minimum atomic E-state index is -1.09. The van der Waals surface area contributed by atoms with Crippen LogP contribution in [0.1, 0.15) is 15.2 Å². The van der Waals surface area contributed by atoms with Gasteiger partial charge in [-0.2, -0.15) is 0 Å². The molecule has 21 heavy (non-hydrogen) atoms. The number of carbonyl (C=O) groups excluding carboxylic acids is 1. The van der Waals surface area contributed by atoms with Gasteiger partial charge in [0, 0.05) is 9.77 Å². The van der Waals surface area contributed by atoms with Crippen LogP contribution in [-0.2, 0) is 4.79 Å². The van der Waals surface area contributed by atoms with E-state index in [1.807, 2.05) is 0 Å². The SMILES string of the molecule is Cc1cc(C(=O)O)c(NC(=O)CSc2ccccc2F)s1. The van der Waals surface area contributed by atoms with Crippen LogP contribution in [0.2, 0.25) is 0 Å². The van der Waals surface area contributed by atoms with Crippen molar-refractivity contribution >= 4 is 40.0 Å². The predicted molar refractivity (Wildman–Crippen MR) is 81.8 cm³/mol. The second-order valence-electron chi connectivity index (χ2n) is 4.17. The molecule has 7 heteroatoms. The summed E-state index contributed by atoms with van der Waals surface area (Å²) < 4.78 is 13.4. The molecule has 1 heterocycles. The molecular weight excluding hydrogens is 313 g/mol. The number of rotatable bonds is 5. The summed E-state index contributed by atoms with van der Waals surface area (Å²) >= 11 is 2.27. The number of aryl methyl sites for hydroxylation is 1. The van der Waals surface area contributed by atoms with Gasteiger partial charge in [-0.25, -0.2) is 9.18 Å². The lowest BCUT2D eigenvalue weighted by Crippen LogP contribution is -2.15. The molecule has 1 aromatic heterocycles. The Hall–Kier alpha value is -1.86. The molecule has 4 nitrogen and oxygen atoms in total. The average Bonchev–Trinajstić information content (AvgIpc) is 2.79. The summed E-state index contributed by atoms with van der Waals surface area (Å²) in [6.45, 7) is 1.76. The summed E-state index contributed by atoms with van der Waals surface area (Å²) in [6, 6.07) is 7.69. The van der Waals surface area contributed by atoms with Gasteiger partial charge in [0.05, 0.1) is 11.3 Å². The normalized spacial score (nSPS) is 10.4. The van der Waals surface area contributed by atoms with Gasteiger partial charge in [0.1, 0.15) is 10.8 Å². The van der Waals surface area contributed by atoms with Crippen molar-refractivity contribution in [3.63, 3.8) is 0 Å². The standard InChI is InChI=1S/C14H12FNO3S2/c1-8-6-9(14(18)19)13(21-8)16-12(17)7-20-11-5-3-2-4-10(11)15/h2-6H,7H2,1H3,(H,16,17)(H,18,19). The molecule has 0 fully saturated rings. The molecule has 0 aliphatic carbocycles. The highest BCUT2D eigenvalue weighted by atomic mass is 32.2. The van der Waals surface area contributed by atoms with E-state index in [0.717, 1.165) is 16.6 Å². The minimum Gasteiger partial charge on any atom is -0.478 e. The van der Waals surface area contributed by atoms with E-state index in [0.29, 0.717) is 9.90 Å². The van der Waals surface area contributed by atoms with Gasteiger partial charge >= 0.3 is 5.97 Å². The van der Waals surface area contributed by atoms with Crippen LogP contribution in [-0.4, -0.2) is 22.7 Å². The molecule has 0 unspecified atom stereocenters. The van der Waals surface area contributed by atoms with E-state index < -0.39 is 5.97 Å². The third-order valence-electron chi connectivity index (χ3n) is 2.53. The van der Waals surface area contributed by atoms with Gasteiger partial charge in [0.2, 0.25) is 5.91 Å². The third kappa shape index (κ3) is 4.05. The Labute approximate surface area is 129 Å². The molecule has 0 radical (unpaired) electrons. The number of carbonyl (C=O) groups is 2. The highest BCUT2D eigenvalue weighted by Crippen LogP contribution is 2.28. The van der Waals surface area contributed by atoms with E-state index in [-0.39, 0.29) is 23.0 Å². The molecule has 0 spiro atoms. The smallest absolute Gasteiger partial charge is 0.338 e. The van der Waals surface area contributed by atoms with Crippen molar-refractivity contribution in [3.05, 3.63) is 46.6 Å². The highest BCUT2D eigenvalue weighted by molar-refractivity contribution is 8.00. The highest BCUT2D eigenvalue weighted by Gasteiger charge is 2.16. The third-order valence-corrected chi connectivity index (χ3v) is 4.55. The number of thiophene rings is 1. The Morgan fingerprint density at radius 3 is 2.76 bits per heavy atom. The van der Waals surface area contributed by atoms with Crippen molar-refractivity contribution < 1.29 is 19.1 Å². The van der Waals surface area contributed by atoms with Crippen molar-refractivity contribution in [3.8, 4) is 0 Å². The fourth-order valence-electron chi connectivity index (χ4n) is 1.63. The lowest BCUT2D eigenvalue weighted by molar-refractivity contribution is -0.113. The number of benzene rings is 1. The Balaban J connectivity index is 1.99. The maximum atomic E-state index is 13.4. The second kappa shape index (κ2) is 6.73. The number of anilines is 1. The number of aromatic carboxylic acids is 1. The zero-order chi connectivity index (χ0) is 15.4. The molecule has 0 aliphatic heterocycles. The van der Waals surface area contributed by atoms with Gasteiger partial charge in [0.25, 0.3) is 0 Å². The number of carboxylic acids is 1. The first kappa shape index (κ1) is 15.5. The van der Waals surface area contributed by atoms with E-state index in [4.69, 9.17) is 5.11 Å². The van der Waals surface area contributed by atoms with Gasteiger partial charge < -0.3 is 10.4 Å².